The number of rotatable bonds is 8. The summed E-state index contributed by atoms with van der Waals surface area (Å²) >= 11 is 7.20. The number of halogens is 1. The quantitative estimate of drug-likeness (QED) is 0.653. The number of hydrogen-bond acceptors (Lipinski definition) is 4. The van der Waals surface area contributed by atoms with Gasteiger partial charge in [0.1, 0.15) is 0 Å². The average molecular weight is 385 g/mol. The molecule has 21 heavy (non-hydrogen) atoms. The van der Waals surface area contributed by atoms with Crippen molar-refractivity contribution in [2.24, 2.45) is 0 Å². The molecule has 0 saturated heterocycles. The molecule has 1 unspecified atom stereocenters. The van der Waals surface area contributed by atoms with E-state index < -0.39 is 0 Å². The Kier molecular flexibility index (Phi) is 7.23. The number of aryl methyl sites for hydroxylation is 1. The molecule has 0 saturated carbocycles. The zero-order chi connectivity index (χ0) is 15.1. The van der Waals surface area contributed by atoms with Gasteiger partial charge in [-0.25, -0.2) is 4.98 Å². The minimum atomic E-state index is 0.472. The summed E-state index contributed by atoms with van der Waals surface area (Å²) in [6.45, 7) is 5.33. The molecule has 0 aliphatic heterocycles. The van der Waals surface area contributed by atoms with E-state index in [9.17, 15) is 0 Å². The Hall–Kier alpha value is -0.360. The predicted octanol–water partition coefficient (Wildman–Crippen LogP) is 4.92. The summed E-state index contributed by atoms with van der Waals surface area (Å²) in [6.07, 6.45) is 2.18. The van der Waals surface area contributed by atoms with Crippen molar-refractivity contribution in [3.05, 3.63) is 44.8 Å². The largest absolute Gasteiger partial charge is 0.313 e. The lowest BCUT2D eigenvalue weighted by molar-refractivity contribution is 0.549. The zero-order valence-corrected chi connectivity index (χ0v) is 15.7. The van der Waals surface area contributed by atoms with Gasteiger partial charge in [-0.1, -0.05) is 28.9 Å². The van der Waals surface area contributed by atoms with E-state index in [0.717, 1.165) is 35.3 Å². The van der Waals surface area contributed by atoms with Crippen molar-refractivity contribution in [2.45, 2.75) is 37.6 Å². The predicted molar refractivity (Wildman–Crippen MR) is 97.5 cm³/mol. The Morgan fingerprint density at radius 2 is 2.29 bits per heavy atom. The molecule has 2 aromatic rings. The van der Waals surface area contributed by atoms with Gasteiger partial charge in [0.15, 0.2) is 0 Å². The van der Waals surface area contributed by atoms with Crippen LogP contribution in [0, 0.1) is 6.92 Å². The second-order valence-electron chi connectivity index (χ2n) is 5.01. The van der Waals surface area contributed by atoms with E-state index in [0.29, 0.717) is 6.04 Å². The summed E-state index contributed by atoms with van der Waals surface area (Å²) in [5.41, 5.74) is 1.13. The van der Waals surface area contributed by atoms with Gasteiger partial charge in [0.25, 0.3) is 0 Å². The Bertz CT molecular complexity index is 557. The monoisotopic (exact) mass is 384 g/mol. The number of hydrogen-bond donors (Lipinski definition) is 1. The maximum atomic E-state index is 4.59. The molecule has 0 spiro atoms. The molecule has 0 radical (unpaired) electrons. The minimum Gasteiger partial charge on any atom is -0.313 e. The van der Waals surface area contributed by atoms with Gasteiger partial charge in [-0.15, -0.1) is 23.1 Å². The lowest BCUT2D eigenvalue weighted by atomic mass is 10.2. The smallest absolute Gasteiger partial charge is 0.0943 e. The van der Waals surface area contributed by atoms with Gasteiger partial charge in [0, 0.05) is 38.7 Å². The summed E-state index contributed by atoms with van der Waals surface area (Å²) in [5.74, 6) is 1.06. The van der Waals surface area contributed by atoms with Crippen molar-refractivity contribution < 1.29 is 0 Å². The fourth-order valence-corrected chi connectivity index (χ4v) is 4.42. The molecular formula is C16H21BrN2S2. The van der Waals surface area contributed by atoms with Gasteiger partial charge in [-0.2, -0.15) is 0 Å². The van der Waals surface area contributed by atoms with Crippen LogP contribution in [0.4, 0.5) is 0 Å². The van der Waals surface area contributed by atoms with E-state index in [1.807, 2.05) is 11.8 Å². The number of nitrogens with zero attached hydrogens (tertiary/aromatic N) is 1. The first-order valence-corrected chi connectivity index (χ1v) is 9.86. The number of aromatic nitrogens is 1. The summed E-state index contributed by atoms with van der Waals surface area (Å²) in [7, 11) is 0. The first kappa shape index (κ1) is 17.0. The fourth-order valence-electron chi connectivity index (χ4n) is 2.00. The highest BCUT2D eigenvalue weighted by Gasteiger charge is 2.12. The van der Waals surface area contributed by atoms with Crippen molar-refractivity contribution in [3.8, 4) is 0 Å². The molecule has 1 heterocycles. The Morgan fingerprint density at radius 1 is 1.43 bits per heavy atom. The van der Waals surface area contributed by atoms with E-state index in [2.05, 4.69) is 69.7 Å². The van der Waals surface area contributed by atoms with Crippen LogP contribution < -0.4 is 5.32 Å². The molecule has 114 valence electrons. The topological polar surface area (TPSA) is 24.9 Å². The van der Waals surface area contributed by atoms with Crippen LogP contribution in [0.2, 0.25) is 0 Å². The van der Waals surface area contributed by atoms with E-state index in [1.165, 1.54) is 9.90 Å². The normalized spacial score (nSPS) is 12.5. The van der Waals surface area contributed by atoms with Crippen molar-refractivity contribution >= 4 is 39.0 Å². The third kappa shape index (κ3) is 6.10. The molecule has 1 atom stereocenters. The van der Waals surface area contributed by atoms with Gasteiger partial charge >= 0.3 is 0 Å². The molecule has 1 aromatic carbocycles. The number of nitrogens with one attached hydrogen (secondary N) is 1. The molecule has 5 heteroatoms. The SMILES string of the molecule is CCCNC(CSc1cccc(Br)c1)Cc1nc(C)cs1. The van der Waals surface area contributed by atoms with Crippen LogP contribution in [0.15, 0.2) is 39.0 Å². The number of thioether (sulfide) groups is 1. The Morgan fingerprint density at radius 3 is 2.95 bits per heavy atom. The zero-order valence-electron chi connectivity index (χ0n) is 12.4. The third-order valence-electron chi connectivity index (χ3n) is 3.02. The van der Waals surface area contributed by atoms with Crippen LogP contribution in [0.5, 0.6) is 0 Å². The molecule has 1 aromatic heterocycles. The first-order valence-electron chi connectivity index (χ1n) is 7.20. The fraction of sp³-hybridized carbons (Fsp3) is 0.438. The van der Waals surface area contributed by atoms with Crippen LogP contribution >= 0.6 is 39.0 Å². The molecular weight excluding hydrogens is 364 g/mol. The Labute approximate surface area is 143 Å². The minimum absolute atomic E-state index is 0.472. The number of thiazole rings is 1. The van der Waals surface area contributed by atoms with Gasteiger partial charge in [-0.05, 0) is 38.1 Å². The molecule has 2 nitrogen and oxygen atoms in total. The van der Waals surface area contributed by atoms with Crippen molar-refractivity contribution in [2.75, 3.05) is 12.3 Å². The van der Waals surface area contributed by atoms with Crippen LogP contribution in [-0.4, -0.2) is 23.3 Å². The average Bonchev–Trinajstić information content (AvgIpc) is 2.87. The van der Waals surface area contributed by atoms with Crippen LogP contribution in [0.3, 0.4) is 0 Å². The highest BCUT2D eigenvalue weighted by Crippen LogP contribution is 2.23. The van der Waals surface area contributed by atoms with Gasteiger partial charge < -0.3 is 5.32 Å². The Balaban J connectivity index is 1.92. The summed E-state index contributed by atoms with van der Waals surface area (Å²) < 4.78 is 1.14. The highest BCUT2D eigenvalue weighted by atomic mass is 79.9. The maximum Gasteiger partial charge on any atom is 0.0943 e. The standard InChI is InChI=1S/C16H21BrN2S2/c1-3-7-18-14(9-16-19-12(2)10-21-16)11-20-15-6-4-5-13(17)8-15/h4-6,8,10,14,18H,3,7,9,11H2,1-2H3. The lowest BCUT2D eigenvalue weighted by Gasteiger charge is -2.17. The molecule has 0 aliphatic rings. The van der Waals surface area contributed by atoms with Crippen LogP contribution in [0.1, 0.15) is 24.0 Å². The molecule has 0 aliphatic carbocycles. The number of benzene rings is 1. The molecule has 0 amide bonds. The van der Waals surface area contributed by atoms with E-state index in [4.69, 9.17) is 0 Å². The third-order valence-corrected chi connectivity index (χ3v) is 5.66. The van der Waals surface area contributed by atoms with Crippen molar-refractivity contribution in [1.29, 1.82) is 0 Å². The maximum absolute atomic E-state index is 4.59. The van der Waals surface area contributed by atoms with Crippen LogP contribution in [-0.2, 0) is 6.42 Å². The molecule has 0 bridgehead atoms. The first-order chi connectivity index (χ1) is 10.2. The van der Waals surface area contributed by atoms with Gasteiger partial charge in [-0.3, -0.25) is 0 Å². The summed E-state index contributed by atoms with van der Waals surface area (Å²) in [6, 6.07) is 8.97. The molecule has 0 fully saturated rings. The van der Waals surface area contributed by atoms with Crippen molar-refractivity contribution in [3.63, 3.8) is 0 Å². The lowest BCUT2D eigenvalue weighted by Crippen LogP contribution is -2.34. The summed E-state index contributed by atoms with van der Waals surface area (Å²) in [5, 5.41) is 7.01. The van der Waals surface area contributed by atoms with Crippen LogP contribution in [0.25, 0.3) is 0 Å². The molecule has 1 N–H and O–H groups in total. The molecule has 2 rings (SSSR count). The van der Waals surface area contributed by atoms with E-state index in [-0.39, 0.29) is 0 Å². The highest BCUT2D eigenvalue weighted by molar-refractivity contribution is 9.10. The van der Waals surface area contributed by atoms with Gasteiger partial charge in [0.2, 0.25) is 0 Å². The summed E-state index contributed by atoms with van der Waals surface area (Å²) in [4.78, 5) is 5.90. The second kappa shape index (κ2) is 8.93. The van der Waals surface area contributed by atoms with Gasteiger partial charge in [0.05, 0.1) is 5.01 Å². The second-order valence-corrected chi connectivity index (χ2v) is 7.96. The van der Waals surface area contributed by atoms with E-state index >= 15 is 0 Å². The van der Waals surface area contributed by atoms with Crippen molar-refractivity contribution in [1.82, 2.24) is 10.3 Å². The van der Waals surface area contributed by atoms with E-state index in [1.54, 1.807) is 11.3 Å².